The predicted molar refractivity (Wildman–Crippen MR) is 177 cm³/mol. The van der Waals surface area contributed by atoms with Crippen molar-refractivity contribution in [2.75, 3.05) is 39.5 Å². The minimum absolute atomic E-state index is 0.141. The first-order valence-corrected chi connectivity index (χ1v) is 17.5. The maximum atomic E-state index is 13.9. The second-order valence-corrected chi connectivity index (χ2v) is 13.8. The SMILES string of the molecule is O=C(NCCC1=CCCCC1)[C@H](c1ccccc1)N(Cc1ccc(Cl)cc1)C(=O)COc1ccc(S(=O)(=O)N2CCOCC2)cc1. The highest BCUT2D eigenvalue weighted by Gasteiger charge is 2.32. The van der Waals surface area contributed by atoms with E-state index in [2.05, 4.69) is 11.4 Å². The molecule has 0 unspecified atom stereocenters. The third-order valence-electron chi connectivity index (χ3n) is 8.19. The third kappa shape index (κ3) is 8.97. The number of hydrogen-bond acceptors (Lipinski definition) is 6. The zero-order valence-corrected chi connectivity index (χ0v) is 27.3. The summed E-state index contributed by atoms with van der Waals surface area (Å²) in [5.41, 5.74) is 2.84. The molecular weight excluding hydrogens is 626 g/mol. The number of morpholine rings is 1. The summed E-state index contributed by atoms with van der Waals surface area (Å²) in [7, 11) is -3.66. The fraction of sp³-hybridized carbons (Fsp3) is 0.371. The van der Waals surface area contributed by atoms with Gasteiger partial charge in [-0.15, -0.1) is 0 Å². The standard InChI is InChI=1S/C35H40ClN3O6S/c36-30-13-11-28(12-14-30)25-39(34(29-9-5-2-6-10-29)35(41)37-20-19-27-7-3-1-4-8-27)33(40)26-45-31-15-17-32(18-16-31)46(42,43)38-21-23-44-24-22-38/h2,5-7,9-18,34H,1,3-4,8,19-26H2,(H,37,41)/t34-/m0/s1. The molecule has 1 aliphatic carbocycles. The van der Waals surface area contributed by atoms with E-state index in [1.165, 1.54) is 51.9 Å². The Morgan fingerprint density at radius 3 is 2.35 bits per heavy atom. The van der Waals surface area contributed by atoms with E-state index in [1.54, 1.807) is 12.1 Å². The first-order valence-electron chi connectivity index (χ1n) is 15.7. The number of rotatable bonds is 13. The fourth-order valence-electron chi connectivity index (χ4n) is 5.66. The number of benzene rings is 3. The molecule has 1 atom stereocenters. The quantitative estimate of drug-likeness (QED) is 0.241. The second kappa shape index (κ2) is 16.2. The molecule has 244 valence electrons. The van der Waals surface area contributed by atoms with Crippen molar-refractivity contribution < 1.29 is 27.5 Å². The highest BCUT2D eigenvalue weighted by Crippen LogP contribution is 2.26. The van der Waals surface area contributed by atoms with Crippen molar-refractivity contribution in [3.05, 3.63) is 107 Å². The molecule has 0 aromatic heterocycles. The fourth-order valence-corrected chi connectivity index (χ4v) is 7.20. The first kappa shape index (κ1) is 33.7. The van der Waals surface area contributed by atoms with Gasteiger partial charge in [0.1, 0.15) is 11.8 Å². The van der Waals surface area contributed by atoms with E-state index >= 15 is 0 Å². The lowest BCUT2D eigenvalue weighted by Crippen LogP contribution is -2.45. The zero-order valence-electron chi connectivity index (χ0n) is 25.8. The maximum Gasteiger partial charge on any atom is 0.261 e. The summed E-state index contributed by atoms with van der Waals surface area (Å²) >= 11 is 6.13. The van der Waals surface area contributed by atoms with Gasteiger partial charge < -0.3 is 19.7 Å². The molecule has 1 heterocycles. The summed E-state index contributed by atoms with van der Waals surface area (Å²) in [4.78, 5) is 29.4. The number of nitrogens with zero attached hydrogens (tertiary/aromatic N) is 2. The molecule has 46 heavy (non-hydrogen) atoms. The molecule has 1 N–H and O–H groups in total. The number of sulfonamides is 1. The van der Waals surface area contributed by atoms with Crippen molar-refractivity contribution >= 4 is 33.4 Å². The second-order valence-electron chi connectivity index (χ2n) is 11.4. The van der Waals surface area contributed by atoms with Gasteiger partial charge in [0.2, 0.25) is 15.9 Å². The summed E-state index contributed by atoms with van der Waals surface area (Å²) in [5.74, 6) is -0.344. The number of allylic oxidation sites excluding steroid dienone is 1. The molecule has 5 rings (SSSR count). The topological polar surface area (TPSA) is 105 Å². The van der Waals surface area contributed by atoms with Crippen LogP contribution in [0.3, 0.4) is 0 Å². The van der Waals surface area contributed by atoms with Gasteiger partial charge in [0.15, 0.2) is 6.61 Å². The highest BCUT2D eigenvalue weighted by molar-refractivity contribution is 7.89. The highest BCUT2D eigenvalue weighted by atomic mass is 35.5. The van der Waals surface area contributed by atoms with Crippen LogP contribution < -0.4 is 10.1 Å². The van der Waals surface area contributed by atoms with Gasteiger partial charge >= 0.3 is 0 Å². The first-order chi connectivity index (χ1) is 22.3. The lowest BCUT2D eigenvalue weighted by atomic mass is 9.97. The van der Waals surface area contributed by atoms with Crippen LogP contribution in [-0.2, 0) is 30.9 Å². The van der Waals surface area contributed by atoms with Crippen molar-refractivity contribution in [3.8, 4) is 5.75 Å². The minimum Gasteiger partial charge on any atom is -0.484 e. The van der Waals surface area contributed by atoms with Crippen LogP contribution in [0.2, 0.25) is 5.02 Å². The smallest absolute Gasteiger partial charge is 0.261 e. The number of hydrogen-bond donors (Lipinski definition) is 1. The average Bonchev–Trinajstić information content (AvgIpc) is 3.09. The lowest BCUT2D eigenvalue weighted by molar-refractivity contribution is -0.143. The molecule has 1 fully saturated rings. The Kier molecular flexibility index (Phi) is 11.9. The van der Waals surface area contributed by atoms with E-state index < -0.39 is 22.0 Å². The van der Waals surface area contributed by atoms with Crippen molar-refractivity contribution in [1.29, 1.82) is 0 Å². The summed E-state index contributed by atoms with van der Waals surface area (Å²) in [6, 6.07) is 21.5. The van der Waals surface area contributed by atoms with Crippen molar-refractivity contribution in [1.82, 2.24) is 14.5 Å². The molecule has 11 heteroatoms. The monoisotopic (exact) mass is 665 g/mol. The Bertz CT molecular complexity index is 1590. The molecular formula is C35H40ClN3O6S. The average molecular weight is 666 g/mol. The van der Waals surface area contributed by atoms with Gasteiger partial charge in [0, 0.05) is 31.2 Å². The Morgan fingerprint density at radius 2 is 1.67 bits per heavy atom. The van der Waals surface area contributed by atoms with Crippen LogP contribution >= 0.6 is 11.6 Å². The Balaban J connectivity index is 1.33. The molecule has 0 radical (unpaired) electrons. The van der Waals surface area contributed by atoms with E-state index in [4.69, 9.17) is 21.1 Å². The van der Waals surface area contributed by atoms with Crippen LogP contribution in [0.15, 0.2) is 95.4 Å². The van der Waals surface area contributed by atoms with Crippen LogP contribution in [0.25, 0.3) is 0 Å². The summed E-state index contributed by atoms with van der Waals surface area (Å²) in [6.45, 7) is 1.58. The van der Waals surface area contributed by atoms with Gasteiger partial charge in [-0.1, -0.05) is 65.7 Å². The molecule has 3 aromatic carbocycles. The number of nitrogens with one attached hydrogen (secondary N) is 1. The van der Waals surface area contributed by atoms with Gasteiger partial charge in [-0.3, -0.25) is 9.59 Å². The maximum absolute atomic E-state index is 13.9. The molecule has 0 bridgehead atoms. The van der Waals surface area contributed by atoms with Crippen molar-refractivity contribution in [2.24, 2.45) is 0 Å². The van der Waals surface area contributed by atoms with E-state index in [0.29, 0.717) is 49.2 Å². The molecule has 9 nitrogen and oxygen atoms in total. The summed E-state index contributed by atoms with van der Waals surface area (Å²) in [5, 5.41) is 3.64. The zero-order chi connectivity index (χ0) is 32.4. The van der Waals surface area contributed by atoms with Crippen LogP contribution in [0.1, 0.15) is 49.3 Å². The van der Waals surface area contributed by atoms with E-state index in [-0.39, 0.29) is 24.0 Å². The van der Waals surface area contributed by atoms with Crippen LogP contribution in [-0.4, -0.2) is 68.9 Å². The summed E-state index contributed by atoms with van der Waals surface area (Å²) in [6.07, 6.45) is 7.54. The number of amides is 2. The molecule has 3 aromatic rings. The molecule has 1 saturated heterocycles. The third-order valence-corrected chi connectivity index (χ3v) is 10.4. The van der Waals surface area contributed by atoms with E-state index in [0.717, 1.165) is 24.8 Å². The van der Waals surface area contributed by atoms with Gasteiger partial charge in [-0.2, -0.15) is 4.31 Å². The number of carbonyl (C=O) groups excluding carboxylic acids is 2. The van der Waals surface area contributed by atoms with Crippen molar-refractivity contribution in [3.63, 3.8) is 0 Å². The Labute approximate surface area is 276 Å². The minimum atomic E-state index is -3.66. The summed E-state index contributed by atoms with van der Waals surface area (Å²) < 4.78 is 38.5. The van der Waals surface area contributed by atoms with Crippen molar-refractivity contribution in [2.45, 2.75) is 49.6 Å². The van der Waals surface area contributed by atoms with Gasteiger partial charge in [0.25, 0.3) is 5.91 Å². The Morgan fingerprint density at radius 1 is 0.957 bits per heavy atom. The van der Waals surface area contributed by atoms with Gasteiger partial charge in [-0.05, 0) is 79.6 Å². The molecule has 2 aliphatic rings. The lowest BCUT2D eigenvalue weighted by Gasteiger charge is -2.31. The van der Waals surface area contributed by atoms with Crippen LogP contribution in [0, 0.1) is 0 Å². The van der Waals surface area contributed by atoms with Gasteiger partial charge in [0.05, 0.1) is 18.1 Å². The molecule has 0 saturated carbocycles. The van der Waals surface area contributed by atoms with Crippen LogP contribution in [0.5, 0.6) is 5.75 Å². The molecule has 1 aliphatic heterocycles. The molecule has 0 spiro atoms. The Hall–Kier alpha value is -3.70. The van der Waals surface area contributed by atoms with E-state index in [9.17, 15) is 18.0 Å². The number of carbonyl (C=O) groups is 2. The predicted octanol–water partition coefficient (Wildman–Crippen LogP) is 5.52. The van der Waals surface area contributed by atoms with Crippen LogP contribution in [0.4, 0.5) is 0 Å². The molecule has 2 amide bonds. The normalized spacial score (nSPS) is 16.2. The number of ether oxygens (including phenoxy) is 2. The van der Waals surface area contributed by atoms with Gasteiger partial charge in [-0.25, -0.2) is 8.42 Å². The van der Waals surface area contributed by atoms with E-state index in [1.807, 2.05) is 42.5 Å². The number of halogens is 1. The largest absolute Gasteiger partial charge is 0.484 e.